The summed E-state index contributed by atoms with van der Waals surface area (Å²) in [7, 11) is 0. The minimum atomic E-state index is -3.08. The fraction of sp³-hybridized carbons (Fsp3) is 0.471. The number of alkyl halides is 2. The molecule has 2 rings (SSSR count). The highest BCUT2D eigenvalue weighted by atomic mass is 19.3. The molecular weight excluding hydrogens is 364 g/mol. The van der Waals surface area contributed by atoms with Gasteiger partial charge in [0.05, 0.1) is 17.5 Å². The van der Waals surface area contributed by atoms with Crippen molar-refractivity contribution in [2.75, 3.05) is 26.3 Å². The van der Waals surface area contributed by atoms with Crippen LogP contribution in [0.25, 0.3) is 0 Å². The smallest absolute Gasteiger partial charge is 0.387 e. The van der Waals surface area contributed by atoms with Gasteiger partial charge in [-0.15, -0.1) is 0 Å². The van der Waals surface area contributed by atoms with Crippen LogP contribution in [0.15, 0.2) is 24.3 Å². The third-order valence-electron chi connectivity index (χ3n) is 4.35. The van der Waals surface area contributed by atoms with E-state index >= 15 is 0 Å². The number of carbonyl (C=O) groups excluding carboxylic acids is 3. The number of amides is 3. The van der Waals surface area contributed by atoms with E-state index in [0.29, 0.717) is 26.1 Å². The molecule has 0 saturated carbocycles. The maximum Gasteiger partial charge on any atom is 0.387 e. The van der Waals surface area contributed by atoms with Crippen LogP contribution in [0.1, 0.15) is 23.2 Å². The first-order valence-electron chi connectivity index (χ1n) is 8.30. The van der Waals surface area contributed by atoms with E-state index in [1.54, 1.807) is 0 Å². The van der Waals surface area contributed by atoms with Gasteiger partial charge in [0.2, 0.25) is 11.8 Å². The van der Waals surface area contributed by atoms with Crippen LogP contribution in [-0.4, -0.2) is 50.6 Å². The van der Waals surface area contributed by atoms with Crippen LogP contribution in [0, 0.1) is 5.41 Å². The van der Waals surface area contributed by atoms with Crippen LogP contribution in [0.2, 0.25) is 0 Å². The summed E-state index contributed by atoms with van der Waals surface area (Å²) in [5.74, 6) is -2.09. The van der Waals surface area contributed by atoms with Crippen molar-refractivity contribution in [1.82, 2.24) is 10.6 Å². The maximum atomic E-state index is 12.4. The van der Waals surface area contributed by atoms with Gasteiger partial charge < -0.3 is 25.8 Å². The molecule has 1 aliphatic heterocycles. The minimum Gasteiger partial charge on any atom is -0.434 e. The molecule has 0 radical (unpaired) electrons. The van der Waals surface area contributed by atoms with E-state index in [2.05, 4.69) is 15.4 Å². The molecule has 4 N–H and O–H groups in total. The SMILES string of the molecule is NC(=O)C1(CNC(=O)CNC(=O)c2ccccc2OC(F)F)CCOCC1. The summed E-state index contributed by atoms with van der Waals surface area (Å²) in [6.07, 6.45) is 0.792. The summed E-state index contributed by atoms with van der Waals surface area (Å²) in [6, 6.07) is 5.45. The van der Waals surface area contributed by atoms with Crippen molar-refractivity contribution in [2.24, 2.45) is 11.1 Å². The Bertz CT molecular complexity index is 693. The molecule has 148 valence electrons. The molecule has 1 aromatic rings. The molecule has 1 heterocycles. The number of halogens is 2. The average molecular weight is 385 g/mol. The third kappa shape index (κ3) is 5.61. The van der Waals surface area contributed by atoms with Crippen molar-refractivity contribution >= 4 is 17.7 Å². The number of primary amides is 1. The van der Waals surface area contributed by atoms with Crippen LogP contribution >= 0.6 is 0 Å². The molecule has 0 aromatic heterocycles. The van der Waals surface area contributed by atoms with Crippen LogP contribution < -0.4 is 21.1 Å². The van der Waals surface area contributed by atoms with Gasteiger partial charge in [0.25, 0.3) is 5.91 Å². The molecular formula is C17H21F2N3O5. The molecule has 0 unspecified atom stereocenters. The van der Waals surface area contributed by atoms with Gasteiger partial charge in [-0.1, -0.05) is 12.1 Å². The Kier molecular flexibility index (Phi) is 7.05. The van der Waals surface area contributed by atoms with Crippen molar-refractivity contribution in [2.45, 2.75) is 19.5 Å². The lowest BCUT2D eigenvalue weighted by Gasteiger charge is -2.34. The zero-order chi connectivity index (χ0) is 19.9. The van der Waals surface area contributed by atoms with E-state index in [-0.39, 0.29) is 17.9 Å². The first-order chi connectivity index (χ1) is 12.8. The molecule has 0 spiro atoms. The lowest BCUT2D eigenvalue weighted by molar-refractivity contribution is -0.133. The number of benzene rings is 1. The first kappa shape index (κ1) is 20.6. The van der Waals surface area contributed by atoms with Crippen LogP contribution in [0.3, 0.4) is 0 Å². The molecule has 0 aliphatic carbocycles. The number of nitrogens with two attached hydrogens (primary N) is 1. The number of rotatable bonds is 8. The van der Waals surface area contributed by atoms with Crippen molar-refractivity contribution < 1.29 is 32.6 Å². The Morgan fingerprint density at radius 2 is 1.85 bits per heavy atom. The van der Waals surface area contributed by atoms with E-state index in [1.165, 1.54) is 24.3 Å². The zero-order valence-electron chi connectivity index (χ0n) is 14.5. The summed E-state index contributed by atoms with van der Waals surface area (Å²) in [6.45, 7) is -2.70. The second-order valence-electron chi connectivity index (χ2n) is 6.09. The van der Waals surface area contributed by atoms with E-state index < -0.39 is 36.3 Å². The van der Waals surface area contributed by atoms with Crippen molar-refractivity contribution in [1.29, 1.82) is 0 Å². The second kappa shape index (κ2) is 9.26. The number of carbonyl (C=O) groups is 3. The number of ether oxygens (including phenoxy) is 2. The Balaban J connectivity index is 1.88. The van der Waals surface area contributed by atoms with Gasteiger partial charge in [-0.2, -0.15) is 8.78 Å². The van der Waals surface area contributed by atoms with Crippen molar-refractivity contribution in [3.8, 4) is 5.75 Å². The topological polar surface area (TPSA) is 120 Å². The van der Waals surface area contributed by atoms with Gasteiger partial charge in [0, 0.05) is 19.8 Å². The summed E-state index contributed by atoms with van der Waals surface area (Å²) < 4.78 is 34.3. The summed E-state index contributed by atoms with van der Waals surface area (Å²) in [4.78, 5) is 35.8. The van der Waals surface area contributed by atoms with Gasteiger partial charge in [-0.25, -0.2) is 0 Å². The van der Waals surface area contributed by atoms with Gasteiger partial charge in [0.1, 0.15) is 5.75 Å². The van der Waals surface area contributed by atoms with E-state index in [1.807, 2.05) is 0 Å². The molecule has 0 bridgehead atoms. The minimum absolute atomic E-state index is 0.0332. The summed E-state index contributed by atoms with van der Waals surface area (Å²) in [5, 5.41) is 4.89. The number of para-hydroxylation sites is 1. The maximum absolute atomic E-state index is 12.4. The lowest BCUT2D eigenvalue weighted by Crippen LogP contribution is -2.50. The highest BCUT2D eigenvalue weighted by molar-refractivity contribution is 5.98. The second-order valence-corrected chi connectivity index (χ2v) is 6.09. The highest BCUT2D eigenvalue weighted by Gasteiger charge is 2.38. The highest BCUT2D eigenvalue weighted by Crippen LogP contribution is 2.29. The van der Waals surface area contributed by atoms with Gasteiger partial charge in [-0.05, 0) is 25.0 Å². The Hall–Kier alpha value is -2.75. The normalized spacial score (nSPS) is 15.8. The molecule has 27 heavy (non-hydrogen) atoms. The number of hydrogen-bond acceptors (Lipinski definition) is 5. The molecule has 8 nitrogen and oxygen atoms in total. The molecule has 10 heteroatoms. The Morgan fingerprint density at radius 3 is 2.48 bits per heavy atom. The first-order valence-corrected chi connectivity index (χ1v) is 8.30. The van der Waals surface area contributed by atoms with Crippen molar-refractivity contribution in [3.63, 3.8) is 0 Å². The van der Waals surface area contributed by atoms with Crippen LogP contribution in [0.5, 0.6) is 5.75 Å². The third-order valence-corrected chi connectivity index (χ3v) is 4.35. The van der Waals surface area contributed by atoms with Crippen LogP contribution in [-0.2, 0) is 14.3 Å². The quantitative estimate of drug-likeness (QED) is 0.599. The predicted octanol–water partition coefficient (Wildman–Crippen LogP) is 0.416. The van der Waals surface area contributed by atoms with Gasteiger partial charge >= 0.3 is 6.61 Å². The standard InChI is InChI=1S/C17H21F2N3O5/c18-16(19)27-12-4-2-1-3-11(12)14(24)21-9-13(23)22-10-17(15(20)25)5-7-26-8-6-17/h1-4,16H,5-10H2,(H2,20,25)(H,21,24)(H,22,23). The number of hydrogen-bond donors (Lipinski definition) is 3. The largest absolute Gasteiger partial charge is 0.434 e. The monoisotopic (exact) mass is 385 g/mol. The lowest BCUT2D eigenvalue weighted by atomic mass is 9.79. The molecule has 1 aliphatic rings. The molecule has 1 fully saturated rings. The fourth-order valence-corrected chi connectivity index (χ4v) is 2.71. The average Bonchev–Trinajstić information content (AvgIpc) is 2.65. The molecule has 3 amide bonds. The predicted molar refractivity (Wildman–Crippen MR) is 90.1 cm³/mol. The van der Waals surface area contributed by atoms with Gasteiger partial charge in [-0.3, -0.25) is 14.4 Å². The Morgan fingerprint density at radius 1 is 1.19 bits per heavy atom. The van der Waals surface area contributed by atoms with E-state index in [4.69, 9.17) is 10.5 Å². The molecule has 1 aromatic carbocycles. The summed E-state index contributed by atoms with van der Waals surface area (Å²) >= 11 is 0. The summed E-state index contributed by atoms with van der Waals surface area (Å²) in [5.41, 5.74) is 4.45. The number of nitrogens with one attached hydrogen (secondary N) is 2. The van der Waals surface area contributed by atoms with E-state index in [0.717, 1.165) is 0 Å². The Labute approximate surface area is 154 Å². The van der Waals surface area contributed by atoms with Gasteiger partial charge in [0.15, 0.2) is 0 Å². The fourth-order valence-electron chi connectivity index (χ4n) is 2.71. The van der Waals surface area contributed by atoms with E-state index in [9.17, 15) is 23.2 Å². The van der Waals surface area contributed by atoms with Crippen LogP contribution in [0.4, 0.5) is 8.78 Å². The molecule has 1 saturated heterocycles. The molecule has 0 atom stereocenters. The zero-order valence-corrected chi connectivity index (χ0v) is 14.5. The van der Waals surface area contributed by atoms with Crippen molar-refractivity contribution in [3.05, 3.63) is 29.8 Å².